The maximum atomic E-state index is 12.2. The van der Waals surface area contributed by atoms with Crippen LogP contribution in [-0.2, 0) is 4.79 Å². The number of urea groups is 1. The normalized spacial score (nSPS) is 11.9. The highest BCUT2D eigenvalue weighted by atomic mass is 32.2. The van der Waals surface area contributed by atoms with Gasteiger partial charge in [-0.15, -0.1) is 11.3 Å². The second-order valence-electron chi connectivity index (χ2n) is 5.46. The summed E-state index contributed by atoms with van der Waals surface area (Å²) in [7, 11) is 0. The predicted molar refractivity (Wildman–Crippen MR) is 105 cm³/mol. The minimum Gasteiger partial charge on any atom is -0.338 e. The van der Waals surface area contributed by atoms with Crippen molar-refractivity contribution in [2.75, 3.05) is 6.54 Å². The van der Waals surface area contributed by atoms with Gasteiger partial charge in [0, 0.05) is 11.9 Å². The molecule has 134 valence electrons. The maximum Gasteiger partial charge on any atom is 0.321 e. The van der Waals surface area contributed by atoms with Crippen LogP contribution >= 0.6 is 23.1 Å². The summed E-state index contributed by atoms with van der Waals surface area (Å²) in [6.45, 7) is 4.00. The summed E-state index contributed by atoms with van der Waals surface area (Å²) < 4.78 is 0. The van der Waals surface area contributed by atoms with Crippen LogP contribution in [0.2, 0.25) is 0 Å². The van der Waals surface area contributed by atoms with E-state index in [2.05, 4.69) is 20.6 Å². The molecule has 0 aliphatic carbocycles. The van der Waals surface area contributed by atoms with Gasteiger partial charge in [0.25, 0.3) is 0 Å². The lowest BCUT2D eigenvalue weighted by molar-refractivity contribution is -0.119. The molecule has 3 aromatic rings. The summed E-state index contributed by atoms with van der Waals surface area (Å²) in [6, 6.07) is 11.1. The Morgan fingerprint density at radius 1 is 1.19 bits per heavy atom. The molecule has 0 saturated heterocycles. The molecule has 0 aliphatic rings. The van der Waals surface area contributed by atoms with Gasteiger partial charge >= 0.3 is 6.03 Å². The molecule has 1 aromatic carbocycles. The Labute approximate surface area is 159 Å². The van der Waals surface area contributed by atoms with Crippen LogP contribution in [0.5, 0.6) is 0 Å². The zero-order valence-corrected chi connectivity index (χ0v) is 16.0. The molecule has 26 heavy (non-hydrogen) atoms. The summed E-state index contributed by atoms with van der Waals surface area (Å²) >= 11 is 2.88. The van der Waals surface area contributed by atoms with E-state index in [0.717, 1.165) is 20.8 Å². The van der Waals surface area contributed by atoms with Gasteiger partial charge in [-0.3, -0.25) is 10.1 Å². The molecule has 0 spiro atoms. The molecule has 3 rings (SSSR count). The van der Waals surface area contributed by atoms with Gasteiger partial charge in [0.1, 0.15) is 5.03 Å². The van der Waals surface area contributed by atoms with E-state index in [-0.39, 0.29) is 5.91 Å². The molecular formula is C18H18N4O2S2. The van der Waals surface area contributed by atoms with E-state index in [1.165, 1.54) is 11.8 Å². The molecular weight excluding hydrogens is 368 g/mol. The van der Waals surface area contributed by atoms with Crippen LogP contribution in [0, 0.1) is 0 Å². The quantitative estimate of drug-likeness (QED) is 0.516. The lowest BCUT2D eigenvalue weighted by Gasteiger charge is -2.13. The number of hydrogen-bond donors (Lipinski definition) is 2. The highest BCUT2D eigenvalue weighted by Crippen LogP contribution is 2.32. The number of imide groups is 1. The molecule has 0 saturated carbocycles. The number of aromatic nitrogens is 2. The molecule has 8 heteroatoms. The lowest BCUT2D eigenvalue weighted by atomic mass is 10.2. The molecule has 3 amide bonds. The number of benzene rings is 1. The number of hydrogen-bond acceptors (Lipinski definition) is 6. The Bertz CT molecular complexity index is 928. The number of nitrogens with one attached hydrogen (secondary N) is 2. The van der Waals surface area contributed by atoms with E-state index in [1.807, 2.05) is 41.8 Å². The second-order valence-corrected chi connectivity index (χ2v) is 7.73. The van der Waals surface area contributed by atoms with Gasteiger partial charge in [-0.2, -0.15) is 0 Å². The maximum absolute atomic E-state index is 12.2. The van der Waals surface area contributed by atoms with Crippen LogP contribution in [0.3, 0.4) is 0 Å². The minimum absolute atomic E-state index is 0.360. The van der Waals surface area contributed by atoms with Crippen LogP contribution in [0.15, 0.2) is 46.8 Å². The number of nitrogens with zero attached hydrogens (tertiary/aromatic N) is 2. The summed E-state index contributed by atoms with van der Waals surface area (Å²) in [5.74, 6) is 0.277. The highest BCUT2D eigenvalue weighted by Gasteiger charge is 2.20. The zero-order valence-electron chi connectivity index (χ0n) is 14.4. The fourth-order valence-corrected chi connectivity index (χ4v) is 3.89. The fraction of sp³-hybridized carbons (Fsp3) is 0.222. The van der Waals surface area contributed by atoms with Crippen LogP contribution in [0.25, 0.3) is 21.6 Å². The van der Waals surface area contributed by atoms with E-state index in [0.29, 0.717) is 12.4 Å². The largest absolute Gasteiger partial charge is 0.338 e. The van der Waals surface area contributed by atoms with Crippen LogP contribution in [0.1, 0.15) is 13.8 Å². The first-order chi connectivity index (χ1) is 12.6. The van der Waals surface area contributed by atoms with Gasteiger partial charge in [-0.05, 0) is 31.4 Å². The highest BCUT2D eigenvalue weighted by molar-refractivity contribution is 8.00. The molecule has 0 bridgehead atoms. The molecule has 6 nitrogen and oxygen atoms in total. The monoisotopic (exact) mass is 386 g/mol. The number of fused-ring (bicyclic) bond motifs is 1. The van der Waals surface area contributed by atoms with Gasteiger partial charge in [-0.25, -0.2) is 14.8 Å². The third-order valence-corrected chi connectivity index (χ3v) is 5.51. The van der Waals surface area contributed by atoms with Crippen molar-refractivity contribution < 1.29 is 9.59 Å². The number of para-hydroxylation sites is 1. The number of amides is 3. The predicted octanol–water partition coefficient (Wildman–Crippen LogP) is 3.68. The zero-order chi connectivity index (χ0) is 18.5. The number of carbonyl (C=O) groups is 2. The van der Waals surface area contributed by atoms with Gasteiger partial charge in [0.2, 0.25) is 5.91 Å². The molecule has 1 atom stereocenters. The topological polar surface area (TPSA) is 84.0 Å². The standard InChI is InChI=1S/C18H18N4O2S2/c1-3-19-18(24)22-16(23)11(2)26-17-12-7-4-5-8-13(12)20-15(21-17)14-9-6-10-25-14/h4-11H,3H2,1-2H3,(H2,19,22,23,24)/t11-/m1/s1. The van der Waals surface area contributed by atoms with E-state index >= 15 is 0 Å². The van der Waals surface area contributed by atoms with Crippen molar-refractivity contribution in [1.82, 2.24) is 20.6 Å². The van der Waals surface area contributed by atoms with Crippen molar-refractivity contribution in [3.8, 4) is 10.7 Å². The van der Waals surface area contributed by atoms with Gasteiger partial charge < -0.3 is 5.32 Å². The summed E-state index contributed by atoms with van der Waals surface area (Å²) in [6.07, 6.45) is 0. The Balaban J connectivity index is 1.89. The third kappa shape index (κ3) is 4.20. The van der Waals surface area contributed by atoms with Crippen molar-refractivity contribution in [3.63, 3.8) is 0 Å². The van der Waals surface area contributed by atoms with Gasteiger partial charge in [0.15, 0.2) is 5.82 Å². The first kappa shape index (κ1) is 18.3. The van der Waals surface area contributed by atoms with Crippen LogP contribution < -0.4 is 10.6 Å². The SMILES string of the molecule is CCNC(=O)NC(=O)[C@@H](C)Sc1nc(-c2cccs2)nc2ccccc12. The number of thioether (sulfide) groups is 1. The summed E-state index contributed by atoms with van der Waals surface area (Å²) in [4.78, 5) is 34.1. The van der Waals surface area contributed by atoms with E-state index in [9.17, 15) is 9.59 Å². The summed E-state index contributed by atoms with van der Waals surface area (Å²) in [5, 5.41) is 7.99. The Morgan fingerprint density at radius 2 is 2.00 bits per heavy atom. The average Bonchev–Trinajstić information content (AvgIpc) is 3.16. The molecule has 0 radical (unpaired) electrons. The third-order valence-electron chi connectivity index (χ3n) is 3.54. The first-order valence-electron chi connectivity index (χ1n) is 8.14. The molecule has 2 N–H and O–H groups in total. The molecule has 0 fully saturated rings. The second kappa shape index (κ2) is 8.29. The van der Waals surface area contributed by atoms with Crippen molar-refractivity contribution in [3.05, 3.63) is 41.8 Å². The number of rotatable bonds is 5. The number of thiophene rings is 1. The van der Waals surface area contributed by atoms with Crippen molar-refractivity contribution >= 4 is 45.9 Å². The Kier molecular flexibility index (Phi) is 5.85. The van der Waals surface area contributed by atoms with Crippen LogP contribution in [0.4, 0.5) is 4.79 Å². The smallest absolute Gasteiger partial charge is 0.321 e. The van der Waals surface area contributed by atoms with E-state index in [1.54, 1.807) is 25.2 Å². The first-order valence-corrected chi connectivity index (χ1v) is 9.90. The Morgan fingerprint density at radius 3 is 2.73 bits per heavy atom. The average molecular weight is 387 g/mol. The van der Waals surface area contributed by atoms with E-state index in [4.69, 9.17) is 0 Å². The fourth-order valence-electron chi connectivity index (χ4n) is 2.29. The Hall–Kier alpha value is -2.45. The molecule has 0 aliphatic heterocycles. The van der Waals surface area contributed by atoms with Crippen molar-refractivity contribution in [1.29, 1.82) is 0 Å². The molecule has 0 unspecified atom stereocenters. The molecule has 2 aromatic heterocycles. The van der Waals surface area contributed by atoms with Crippen molar-refractivity contribution in [2.24, 2.45) is 0 Å². The lowest BCUT2D eigenvalue weighted by Crippen LogP contribution is -2.42. The number of carbonyl (C=O) groups excluding carboxylic acids is 2. The van der Waals surface area contributed by atoms with Crippen LogP contribution in [-0.4, -0.2) is 33.7 Å². The van der Waals surface area contributed by atoms with E-state index < -0.39 is 11.3 Å². The summed E-state index contributed by atoms with van der Waals surface area (Å²) in [5.41, 5.74) is 0.824. The van der Waals surface area contributed by atoms with Crippen molar-refractivity contribution in [2.45, 2.75) is 24.1 Å². The minimum atomic E-state index is -0.489. The van der Waals surface area contributed by atoms with Gasteiger partial charge in [-0.1, -0.05) is 36.0 Å². The van der Waals surface area contributed by atoms with Gasteiger partial charge in [0.05, 0.1) is 15.6 Å². The molecule has 2 heterocycles.